The fraction of sp³-hybridized carbons (Fsp3) is 0.538. The molecule has 0 aliphatic carbocycles. The van der Waals surface area contributed by atoms with E-state index in [-0.39, 0.29) is 11.9 Å². The van der Waals surface area contributed by atoms with Crippen molar-refractivity contribution in [1.82, 2.24) is 5.32 Å². The van der Waals surface area contributed by atoms with Gasteiger partial charge >= 0.3 is 0 Å². The number of benzene rings is 1. The lowest BCUT2D eigenvalue weighted by molar-refractivity contribution is 0.356. The summed E-state index contributed by atoms with van der Waals surface area (Å²) in [5.74, 6) is 0.687. The predicted molar refractivity (Wildman–Crippen MR) is 60.2 cm³/mol. The van der Waals surface area contributed by atoms with Gasteiger partial charge in [-0.2, -0.15) is 0 Å². The average molecular weight is 221 g/mol. The van der Waals surface area contributed by atoms with Gasteiger partial charge in [0.15, 0.2) is 0 Å². The molecule has 0 amide bonds. The molecule has 1 atom stereocenters. The van der Waals surface area contributed by atoms with Gasteiger partial charge < -0.3 is 10.1 Å². The highest BCUT2D eigenvalue weighted by molar-refractivity contribution is 5.42. The van der Waals surface area contributed by atoms with Crippen LogP contribution in [0.25, 0.3) is 0 Å². The number of ether oxygens (including phenoxy) is 1. The second kappa shape index (κ2) is 4.06. The fourth-order valence-corrected chi connectivity index (χ4v) is 2.64. The Morgan fingerprint density at radius 2 is 2.25 bits per heavy atom. The van der Waals surface area contributed by atoms with Crippen LogP contribution < -0.4 is 10.1 Å². The highest BCUT2D eigenvalue weighted by Crippen LogP contribution is 2.34. The van der Waals surface area contributed by atoms with Gasteiger partial charge in [-0.05, 0) is 25.5 Å². The van der Waals surface area contributed by atoms with E-state index < -0.39 is 0 Å². The van der Waals surface area contributed by atoms with Gasteiger partial charge in [0.1, 0.15) is 11.6 Å². The zero-order valence-electron chi connectivity index (χ0n) is 9.26. The first-order valence-corrected chi connectivity index (χ1v) is 6.04. The summed E-state index contributed by atoms with van der Waals surface area (Å²) >= 11 is 0. The number of rotatable bonds is 1. The molecule has 1 N–H and O–H groups in total. The van der Waals surface area contributed by atoms with Gasteiger partial charge in [0.2, 0.25) is 0 Å². The Morgan fingerprint density at radius 1 is 1.31 bits per heavy atom. The Balaban J connectivity index is 1.95. The van der Waals surface area contributed by atoms with Gasteiger partial charge in [-0.1, -0.05) is 12.5 Å². The third-order valence-electron chi connectivity index (χ3n) is 3.53. The molecule has 1 fully saturated rings. The summed E-state index contributed by atoms with van der Waals surface area (Å²) in [5.41, 5.74) is 1.59. The van der Waals surface area contributed by atoms with E-state index in [2.05, 4.69) is 5.32 Å². The Labute approximate surface area is 94.8 Å². The van der Waals surface area contributed by atoms with Crippen LogP contribution in [0, 0.1) is 5.82 Å². The molecule has 2 nitrogen and oxygen atoms in total. The quantitative estimate of drug-likeness (QED) is 0.787. The monoisotopic (exact) mass is 221 g/mol. The van der Waals surface area contributed by atoms with Crippen molar-refractivity contribution in [2.24, 2.45) is 0 Å². The number of hydrogen-bond acceptors (Lipinski definition) is 2. The van der Waals surface area contributed by atoms with Crippen LogP contribution in [0.2, 0.25) is 0 Å². The molecule has 0 bridgehead atoms. The molecule has 1 aromatic rings. The van der Waals surface area contributed by atoms with Crippen LogP contribution in [0.5, 0.6) is 5.75 Å². The van der Waals surface area contributed by atoms with Gasteiger partial charge in [0.05, 0.1) is 6.61 Å². The summed E-state index contributed by atoms with van der Waals surface area (Å²) < 4.78 is 19.6. The van der Waals surface area contributed by atoms with Crippen LogP contribution in [-0.2, 0) is 6.42 Å². The van der Waals surface area contributed by atoms with Crippen molar-refractivity contribution in [2.45, 2.75) is 31.7 Å². The number of hydrogen-bond donors (Lipinski definition) is 1. The Morgan fingerprint density at radius 3 is 3.06 bits per heavy atom. The summed E-state index contributed by atoms with van der Waals surface area (Å²) in [6, 6.07) is 3.99. The summed E-state index contributed by atoms with van der Waals surface area (Å²) in [5, 5.41) is 3.39. The lowest BCUT2D eigenvalue weighted by Crippen LogP contribution is -2.27. The third-order valence-corrected chi connectivity index (χ3v) is 3.53. The van der Waals surface area contributed by atoms with Crippen LogP contribution in [0.15, 0.2) is 12.1 Å². The van der Waals surface area contributed by atoms with Gasteiger partial charge in [0.25, 0.3) is 0 Å². The van der Waals surface area contributed by atoms with Crippen LogP contribution in [-0.4, -0.2) is 13.2 Å². The molecule has 3 heteroatoms. The molecule has 2 heterocycles. The number of piperidine rings is 1. The molecule has 16 heavy (non-hydrogen) atoms. The van der Waals surface area contributed by atoms with Crippen molar-refractivity contribution in [3.8, 4) is 5.75 Å². The van der Waals surface area contributed by atoms with Gasteiger partial charge in [-0.3, -0.25) is 0 Å². The topological polar surface area (TPSA) is 21.3 Å². The van der Waals surface area contributed by atoms with Gasteiger partial charge in [-0.25, -0.2) is 4.39 Å². The minimum Gasteiger partial charge on any atom is -0.493 e. The minimum atomic E-state index is -0.0469. The molecule has 0 saturated carbocycles. The van der Waals surface area contributed by atoms with E-state index in [0.717, 1.165) is 29.8 Å². The van der Waals surface area contributed by atoms with Crippen LogP contribution in [0.1, 0.15) is 36.4 Å². The second-order valence-corrected chi connectivity index (χ2v) is 4.55. The molecule has 2 aliphatic heterocycles. The van der Waals surface area contributed by atoms with Crippen LogP contribution in [0.3, 0.4) is 0 Å². The van der Waals surface area contributed by atoms with Crippen LogP contribution >= 0.6 is 0 Å². The molecular weight excluding hydrogens is 205 g/mol. The van der Waals surface area contributed by atoms with Gasteiger partial charge in [0, 0.05) is 23.6 Å². The van der Waals surface area contributed by atoms with Gasteiger partial charge in [-0.15, -0.1) is 0 Å². The molecule has 86 valence electrons. The molecule has 3 rings (SSSR count). The zero-order valence-corrected chi connectivity index (χ0v) is 9.26. The molecule has 1 unspecified atom stereocenters. The van der Waals surface area contributed by atoms with E-state index in [9.17, 15) is 4.39 Å². The molecule has 0 aromatic heterocycles. The smallest absolute Gasteiger partial charge is 0.134 e. The summed E-state index contributed by atoms with van der Waals surface area (Å²) in [4.78, 5) is 0. The van der Waals surface area contributed by atoms with E-state index in [1.165, 1.54) is 12.8 Å². The van der Waals surface area contributed by atoms with Crippen molar-refractivity contribution in [3.63, 3.8) is 0 Å². The fourth-order valence-electron chi connectivity index (χ4n) is 2.64. The normalized spacial score (nSPS) is 23.9. The predicted octanol–water partition coefficient (Wildman–Crippen LogP) is 2.58. The lowest BCUT2D eigenvalue weighted by Gasteiger charge is -2.24. The Hall–Kier alpha value is -1.09. The molecule has 0 spiro atoms. The first-order chi connectivity index (χ1) is 7.86. The van der Waals surface area contributed by atoms with Crippen molar-refractivity contribution in [1.29, 1.82) is 0 Å². The minimum absolute atomic E-state index is 0.0469. The second-order valence-electron chi connectivity index (χ2n) is 4.55. The van der Waals surface area contributed by atoms with Crippen molar-refractivity contribution in [3.05, 3.63) is 29.1 Å². The highest BCUT2D eigenvalue weighted by atomic mass is 19.1. The van der Waals surface area contributed by atoms with E-state index in [4.69, 9.17) is 4.74 Å². The maximum atomic E-state index is 14.2. The maximum absolute atomic E-state index is 14.2. The first-order valence-electron chi connectivity index (χ1n) is 6.04. The average Bonchev–Trinajstić information content (AvgIpc) is 2.80. The SMILES string of the molecule is Fc1c(C2CCCCN2)ccc2c1CCO2. The largest absolute Gasteiger partial charge is 0.493 e. The Bertz CT molecular complexity index is 399. The molecular formula is C13H16FNO. The number of halogens is 1. The van der Waals surface area contributed by atoms with E-state index in [1.54, 1.807) is 0 Å². The van der Waals surface area contributed by atoms with Crippen LogP contribution in [0.4, 0.5) is 4.39 Å². The third kappa shape index (κ3) is 1.59. The lowest BCUT2D eigenvalue weighted by atomic mass is 9.95. The number of nitrogens with one attached hydrogen (secondary N) is 1. The molecule has 1 saturated heterocycles. The van der Waals surface area contributed by atoms with E-state index in [1.807, 2.05) is 12.1 Å². The molecule has 0 radical (unpaired) electrons. The summed E-state index contributed by atoms with van der Waals surface area (Å²) in [6.07, 6.45) is 4.13. The van der Waals surface area contributed by atoms with E-state index in [0.29, 0.717) is 13.0 Å². The molecule has 2 aliphatic rings. The highest BCUT2D eigenvalue weighted by Gasteiger charge is 2.24. The maximum Gasteiger partial charge on any atom is 0.134 e. The Kier molecular flexibility index (Phi) is 2.56. The van der Waals surface area contributed by atoms with Crippen molar-refractivity contribution >= 4 is 0 Å². The number of fused-ring (bicyclic) bond motifs is 1. The van der Waals surface area contributed by atoms with E-state index >= 15 is 0 Å². The first kappa shape index (κ1) is 10.1. The molecule has 1 aromatic carbocycles. The standard InChI is InChI=1S/C13H16FNO/c14-13-9(11-3-1-2-7-15-11)4-5-12-10(13)6-8-16-12/h4-5,11,15H,1-3,6-8H2. The van der Waals surface area contributed by atoms with Crippen molar-refractivity contribution < 1.29 is 9.13 Å². The van der Waals surface area contributed by atoms with Crippen molar-refractivity contribution in [2.75, 3.05) is 13.2 Å². The zero-order chi connectivity index (χ0) is 11.0. The summed E-state index contributed by atoms with van der Waals surface area (Å²) in [6.45, 7) is 1.62. The summed E-state index contributed by atoms with van der Waals surface area (Å²) in [7, 11) is 0.